The molecule has 164 valence electrons. The maximum Gasteiger partial charge on any atom is 0.317 e. The van der Waals surface area contributed by atoms with Crippen molar-refractivity contribution >= 4 is 17.8 Å². The molecule has 4 aliphatic heterocycles. The number of carbonyl (C=O) groups excluding carboxylic acids is 2. The molecule has 1 aromatic rings. The first-order chi connectivity index (χ1) is 14.4. The lowest BCUT2D eigenvalue weighted by Gasteiger charge is -2.55. The number of nitrogens with zero attached hydrogens (tertiary/aromatic N) is 3. The third kappa shape index (κ3) is 3.37. The quantitative estimate of drug-likeness (QED) is 0.695. The summed E-state index contributed by atoms with van der Waals surface area (Å²) in [6.07, 6.45) is 7.56. The normalized spacial score (nSPS) is 35.8. The highest BCUT2D eigenvalue weighted by atomic mass is 16.5. The molecule has 30 heavy (non-hydrogen) atoms. The van der Waals surface area contributed by atoms with Gasteiger partial charge in [-0.05, 0) is 52.4 Å². The summed E-state index contributed by atoms with van der Waals surface area (Å²) in [4.78, 5) is 27.5. The van der Waals surface area contributed by atoms with E-state index in [9.17, 15) is 9.59 Å². The summed E-state index contributed by atoms with van der Waals surface area (Å²) in [5, 5.41) is 13.6. The van der Waals surface area contributed by atoms with E-state index in [4.69, 9.17) is 4.74 Å². The smallest absolute Gasteiger partial charge is 0.317 e. The number of carbonyl (C=O) groups is 2. The van der Waals surface area contributed by atoms with Crippen LogP contribution in [0.25, 0.3) is 0 Å². The third-order valence-corrected chi connectivity index (χ3v) is 7.39. The molecule has 4 aliphatic rings. The van der Waals surface area contributed by atoms with Crippen LogP contribution >= 0.6 is 0 Å². The SMILES string of the molecule is CC(C)n1nccc1NC(=O)CN1[C@H]2CC[C@H]1CC1(C2)NC(=O)N[C@H]2OCCC[C@H]21. The fraction of sp³-hybridized carbons (Fsp3) is 0.762. The fourth-order valence-corrected chi connectivity index (χ4v) is 6.19. The maximum absolute atomic E-state index is 12.8. The number of nitrogens with one attached hydrogen (secondary N) is 3. The zero-order valence-electron chi connectivity index (χ0n) is 17.8. The zero-order valence-corrected chi connectivity index (χ0v) is 17.8. The minimum atomic E-state index is -0.220. The topological polar surface area (TPSA) is 101 Å². The van der Waals surface area contributed by atoms with E-state index in [1.165, 1.54) is 0 Å². The third-order valence-electron chi connectivity index (χ3n) is 7.39. The number of urea groups is 1. The summed E-state index contributed by atoms with van der Waals surface area (Å²) in [5.41, 5.74) is -0.220. The number of amides is 3. The predicted octanol–water partition coefficient (Wildman–Crippen LogP) is 1.83. The van der Waals surface area contributed by atoms with Gasteiger partial charge < -0.3 is 20.7 Å². The van der Waals surface area contributed by atoms with Gasteiger partial charge in [0, 0.05) is 36.7 Å². The molecule has 0 aromatic carbocycles. The van der Waals surface area contributed by atoms with Crippen LogP contribution in [-0.4, -0.2) is 63.6 Å². The van der Waals surface area contributed by atoms with Crippen LogP contribution in [0.2, 0.25) is 0 Å². The highest BCUT2D eigenvalue weighted by Crippen LogP contribution is 2.47. The first-order valence-electron chi connectivity index (χ1n) is 11.2. The standard InChI is InChI=1S/C21H32N6O3/c1-13(2)27-17(7-8-22-27)23-18(28)12-26-14-5-6-15(26)11-21(10-14)16-4-3-9-30-19(16)24-20(29)25-21/h7-8,13-16,19H,3-6,9-12H2,1-2H3,(H,23,28)(H2,24,25,29)/t14-,15-,16+,19-/m0/s1. The van der Waals surface area contributed by atoms with Crippen LogP contribution in [-0.2, 0) is 9.53 Å². The van der Waals surface area contributed by atoms with E-state index in [1.54, 1.807) is 6.20 Å². The maximum atomic E-state index is 12.8. The van der Waals surface area contributed by atoms with Gasteiger partial charge in [0.05, 0.1) is 18.3 Å². The molecule has 0 unspecified atom stereocenters. The largest absolute Gasteiger partial charge is 0.358 e. The predicted molar refractivity (Wildman–Crippen MR) is 111 cm³/mol. The Hall–Kier alpha value is -2.13. The molecule has 3 N–H and O–H groups in total. The highest BCUT2D eigenvalue weighted by Gasteiger charge is 2.57. The number of rotatable bonds is 4. The van der Waals surface area contributed by atoms with Crippen molar-refractivity contribution < 1.29 is 14.3 Å². The molecule has 5 heterocycles. The lowest BCUT2D eigenvalue weighted by molar-refractivity contribution is -0.122. The second kappa shape index (κ2) is 7.53. The number of piperidine rings is 1. The molecule has 1 aromatic heterocycles. The Morgan fingerprint density at radius 2 is 2.10 bits per heavy atom. The Morgan fingerprint density at radius 1 is 1.33 bits per heavy atom. The Labute approximate surface area is 176 Å². The molecule has 4 fully saturated rings. The van der Waals surface area contributed by atoms with Crippen molar-refractivity contribution in [2.45, 2.75) is 82.3 Å². The monoisotopic (exact) mass is 416 g/mol. The Morgan fingerprint density at radius 3 is 2.83 bits per heavy atom. The summed E-state index contributed by atoms with van der Waals surface area (Å²) in [6, 6.07) is 2.53. The molecule has 3 amide bonds. The minimum Gasteiger partial charge on any atom is -0.358 e. The van der Waals surface area contributed by atoms with Crippen LogP contribution < -0.4 is 16.0 Å². The van der Waals surface area contributed by atoms with Crippen LogP contribution in [0.1, 0.15) is 58.4 Å². The van der Waals surface area contributed by atoms with Gasteiger partial charge in [-0.2, -0.15) is 5.10 Å². The number of fused-ring (bicyclic) bond motifs is 4. The van der Waals surface area contributed by atoms with E-state index in [2.05, 4.69) is 25.9 Å². The first-order valence-corrected chi connectivity index (χ1v) is 11.2. The Kier molecular flexibility index (Phi) is 4.97. The summed E-state index contributed by atoms with van der Waals surface area (Å²) >= 11 is 0. The molecule has 9 heteroatoms. The Balaban J connectivity index is 1.28. The first kappa shape index (κ1) is 19.8. The molecule has 1 spiro atoms. The zero-order chi connectivity index (χ0) is 20.9. The molecule has 2 bridgehead atoms. The second-order valence-corrected chi connectivity index (χ2v) is 9.56. The molecule has 4 saturated heterocycles. The van der Waals surface area contributed by atoms with Gasteiger partial charge in [-0.1, -0.05) is 0 Å². The number of aromatic nitrogens is 2. The average Bonchev–Trinajstić information content (AvgIpc) is 3.24. The number of hydrogen-bond donors (Lipinski definition) is 3. The van der Waals surface area contributed by atoms with Crippen LogP contribution in [0.15, 0.2) is 12.3 Å². The van der Waals surface area contributed by atoms with Crippen molar-refractivity contribution in [3.63, 3.8) is 0 Å². The van der Waals surface area contributed by atoms with Crippen LogP contribution in [0.5, 0.6) is 0 Å². The number of hydrogen-bond acceptors (Lipinski definition) is 5. The lowest BCUT2D eigenvalue weighted by atomic mass is 9.69. The summed E-state index contributed by atoms with van der Waals surface area (Å²) < 4.78 is 7.72. The lowest BCUT2D eigenvalue weighted by Crippen LogP contribution is -2.73. The molecular formula is C21H32N6O3. The van der Waals surface area contributed by atoms with E-state index in [1.807, 2.05) is 24.6 Å². The van der Waals surface area contributed by atoms with E-state index in [-0.39, 0.29) is 29.7 Å². The Bertz CT molecular complexity index is 809. The van der Waals surface area contributed by atoms with E-state index in [0.717, 1.165) is 44.3 Å². The van der Waals surface area contributed by atoms with E-state index in [0.29, 0.717) is 31.2 Å². The number of ether oxygens (including phenoxy) is 1. The van der Waals surface area contributed by atoms with Gasteiger partial charge in [0.2, 0.25) is 5.91 Å². The summed E-state index contributed by atoms with van der Waals surface area (Å²) in [5.74, 6) is 1.03. The van der Waals surface area contributed by atoms with Gasteiger partial charge in [0.15, 0.2) is 0 Å². The molecule has 0 saturated carbocycles. The molecule has 5 rings (SSSR count). The van der Waals surface area contributed by atoms with Crippen molar-refractivity contribution in [3.05, 3.63) is 12.3 Å². The molecule has 0 aliphatic carbocycles. The fourth-order valence-electron chi connectivity index (χ4n) is 6.19. The van der Waals surface area contributed by atoms with Crippen molar-refractivity contribution in [1.29, 1.82) is 0 Å². The van der Waals surface area contributed by atoms with E-state index < -0.39 is 0 Å². The molecule has 9 nitrogen and oxygen atoms in total. The summed E-state index contributed by atoms with van der Waals surface area (Å²) in [7, 11) is 0. The summed E-state index contributed by atoms with van der Waals surface area (Å²) in [6.45, 7) is 5.18. The van der Waals surface area contributed by atoms with Gasteiger partial charge in [-0.3, -0.25) is 9.69 Å². The minimum absolute atomic E-state index is 0.00141. The van der Waals surface area contributed by atoms with Gasteiger partial charge in [0.1, 0.15) is 12.0 Å². The van der Waals surface area contributed by atoms with Crippen molar-refractivity contribution in [3.8, 4) is 0 Å². The highest BCUT2D eigenvalue weighted by molar-refractivity contribution is 5.91. The second-order valence-electron chi connectivity index (χ2n) is 9.56. The van der Waals surface area contributed by atoms with Crippen LogP contribution in [0.3, 0.4) is 0 Å². The molecule has 4 atom stereocenters. The van der Waals surface area contributed by atoms with Crippen LogP contribution in [0.4, 0.5) is 10.6 Å². The molecular weight excluding hydrogens is 384 g/mol. The van der Waals surface area contributed by atoms with Gasteiger partial charge >= 0.3 is 6.03 Å². The van der Waals surface area contributed by atoms with Gasteiger partial charge in [-0.15, -0.1) is 0 Å². The van der Waals surface area contributed by atoms with Crippen LogP contribution in [0, 0.1) is 5.92 Å². The average molecular weight is 417 g/mol. The molecule has 0 radical (unpaired) electrons. The van der Waals surface area contributed by atoms with E-state index >= 15 is 0 Å². The number of anilines is 1. The van der Waals surface area contributed by atoms with Crippen molar-refractivity contribution in [2.75, 3.05) is 18.5 Å². The van der Waals surface area contributed by atoms with Gasteiger partial charge in [-0.25, -0.2) is 9.48 Å². The van der Waals surface area contributed by atoms with Gasteiger partial charge in [0.25, 0.3) is 0 Å². The van der Waals surface area contributed by atoms with Crippen molar-refractivity contribution in [2.24, 2.45) is 5.92 Å². The van der Waals surface area contributed by atoms with Crippen molar-refractivity contribution in [1.82, 2.24) is 25.3 Å².